The highest BCUT2D eigenvalue weighted by Gasteiger charge is 2.41. The number of urea groups is 1. The fourth-order valence-corrected chi connectivity index (χ4v) is 3.55. The van der Waals surface area contributed by atoms with Crippen LogP contribution in [0.1, 0.15) is 32.9 Å². The molecule has 32 heavy (non-hydrogen) atoms. The van der Waals surface area contributed by atoms with E-state index in [4.69, 9.17) is 4.74 Å². The van der Waals surface area contributed by atoms with Crippen molar-refractivity contribution in [3.8, 4) is 22.8 Å². The van der Waals surface area contributed by atoms with Gasteiger partial charge in [-0.3, -0.25) is 24.7 Å². The van der Waals surface area contributed by atoms with E-state index in [0.717, 1.165) is 11.3 Å². The summed E-state index contributed by atoms with van der Waals surface area (Å²) in [7, 11) is 1.85. The van der Waals surface area contributed by atoms with Crippen LogP contribution in [0.25, 0.3) is 11.3 Å². The number of likely N-dealkylation sites (tertiary alicyclic amines) is 1. The summed E-state index contributed by atoms with van der Waals surface area (Å²) in [5.41, 5.74) is 1.82. The number of carbonyl (C=O) groups is 2. The number of ether oxygens (including phenoxy) is 1. The maximum atomic E-state index is 12.6. The zero-order chi connectivity index (χ0) is 22.9. The van der Waals surface area contributed by atoms with Crippen molar-refractivity contribution in [2.24, 2.45) is 12.5 Å². The molecule has 9 heteroatoms. The highest BCUT2D eigenvalue weighted by molar-refractivity contribution is 6.03. The SMILES string of the molecule is CCc1nc(NC(=O)N2CCC(C)(C)C2=O)ccc1Oc1ccnc(-c2cnn(C)c2)c1. The second-order valence-electron chi connectivity index (χ2n) is 8.40. The minimum absolute atomic E-state index is 0.173. The van der Waals surface area contributed by atoms with Crippen molar-refractivity contribution in [3.63, 3.8) is 0 Å². The van der Waals surface area contributed by atoms with E-state index in [1.165, 1.54) is 4.90 Å². The molecule has 3 aromatic rings. The molecule has 0 atom stereocenters. The van der Waals surface area contributed by atoms with E-state index in [9.17, 15) is 9.59 Å². The number of nitrogens with one attached hydrogen (secondary N) is 1. The average Bonchev–Trinajstić information content (AvgIpc) is 3.32. The fourth-order valence-electron chi connectivity index (χ4n) is 3.55. The molecule has 1 N–H and O–H groups in total. The lowest BCUT2D eigenvalue weighted by molar-refractivity contribution is -0.131. The Morgan fingerprint density at radius 2 is 2.09 bits per heavy atom. The molecule has 1 fully saturated rings. The molecule has 0 bridgehead atoms. The predicted octanol–water partition coefficient (Wildman–Crippen LogP) is 4.02. The standard InChI is InChI=1S/C23H26N6O3/c1-5-17-19(32-16-8-10-24-18(12-16)15-13-25-28(4)14-15)6-7-20(26-17)27-22(31)29-11-9-23(2,3)21(29)30/h6-8,10,12-14H,5,9,11H2,1-4H3,(H,26,27,31). The molecule has 0 spiro atoms. The molecule has 0 radical (unpaired) electrons. The summed E-state index contributed by atoms with van der Waals surface area (Å²) in [4.78, 5) is 35.1. The van der Waals surface area contributed by atoms with Crippen LogP contribution in [0.2, 0.25) is 0 Å². The Morgan fingerprint density at radius 3 is 2.75 bits per heavy atom. The van der Waals surface area contributed by atoms with Crippen molar-refractivity contribution in [2.45, 2.75) is 33.6 Å². The number of imide groups is 1. The third-order valence-electron chi connectivity index (χ3n) is 5.49. The van der Waals surface area contributed by atoms with Crippen LogP contribution in [0.15, 0.2) is 42.9 Å². The summed E-state index contributed by atoms with van der Waals surface area (Å²) in [6.07, 6.45) is 6.56. The first-order valence-corrected chi connectivity index (χ1v) is 10.5. The van der Waals surface area contributed by atoms with Gasteiger partial charge in [-0.05, 0) is 31.0 Å². The molecule has 0 aliphatic carbocycles. The van der Waals surface area contributed by atoms with E-state index < -0.39 is 11.4 Å². The highest BCUT2D eigenvalue weighted by atomic mass is 16.5. The summed E-state index contributed by atoms with van der Waals surface area (Å²) >= 11 is 0. The van der Waals surface area contributed by atoms with Crippen molar-refractivity contribution < 1.29 is 14.3 Å². The number of aromatic nitrogens is 4. The average molecular weight is 435 g/mol. The van der Waals surface area contributed by atoms with Gasteiger partial charge >= 0.3 is 6.03 Å². The number of anilines is 1. The first kappa shape index (κ1) is 21.5. The molecule has 9 nitrogen and oxygen atoms in total. The van der Waals surface area contributed by atoms with Crippen molar-refractivity contribution in [2.75, 3.05) is 11.9 Å². The monoisotopic (exact) mass is 434 g/mol. The normalized spacial score (nSPS) is 15.1. The van der Waals surface area contributed by atoms with E-state index >= 15 is 0 Å². The van der Waals surface area contributed by atoms with Gasteiger partial charge in [0.25, 0.3) is 0 Å². The lowest BCUT2D eigenvalue weighted by Gasteiger charge is -2.18. The molecule has 0 saturated carbocycles. The van der Waals surface area contributed by atoms with E-state index in [0.29, 0.717) is 42.4 Å². The largest absolute Gasteiger partial charge is 0.455 e. The second-order valence-corrected chi connectivity index (χ2v) is 8.40. The van der Waals surface area contributed by atoms with Gasteiger partial charge in [0, 0.05) is 43.0 Å². The topological polar surface area (TPSA) is 102 Å². The lowest BCUT2D eigenvalue weighted by atomic mass is 9.92. The molecular formula is C23H26N6O3. The third-order valence-corrected chi connectivity index (χ3v) is 5.49. The number of nitrogens with zero attached hydrogens (tertiary/aromatic N) is 5. The molecule has 3 amide bonds. The summed E-state index contributed by atoms with van der Waals surface area (Å²) in [5.74, 6) is 1.42. The summed E-state index contributed by atoms with van der Waals surface area (Å²) in [6.45, 7) is 6.06. The molecule has 0 unspecified atom stereocenters. The summed E-state index contributed by atoms with van der Waals surface area (Å²) in [5, 5.41) is 6.91. The van der Waals surface area contributed by atoms with E-state index in [1.54, 1.807) is 35.3 Å². The van der Waals surface area contributed by atoms with Crippen molar-refractivity contribution in [1.29, 1.82) is 0 Å². The summed E-state index contributed by atoms with van der Waals surface area (Å²) in [6, 6.07) is 6.59. The minimum atomic E-state index is -0.518. The number of pyridine rings is 2. The predicted molar refractivity (Wildman–Crippen MR) is 119 cm³/mol. The first-order valence-electron chi connectivity index (χ1n) is 10.5. The Kier molecular flexibility index (Phi) is 5.65. The lowest BCUT2D eigenvalue weighted by Crippen LogP contribution is -2.39. The van der Waals surface area contributed by atoms with Crippen LogP contribution in [0, 0.1) is 5.41 Å². The summed E-state index contributed by atoms with van der Waals surface area (Å²) < 4.78 is 7.78. The molecule has 1 aliphatic rings. The van der Waals surface area contributed by atoms with Gasteiger partial charge in [0.2, 0.25) is 5.91 Å². The van der Waals surface area contributed by atoms with Crippen LogP contribution in [0.4, 0.5) is 10.6 Å². The Labute approximate surface area is 186 Å². The second kappa shape index (κ2) is 8.41. The quantitative estimate of drug-likeness (QED) is 0.651. The zero-order valence-electron chi connectivity index (χ0n) is 18.6. The van der Waals surface area contributed by atoms with Crippen molar-refractivity contribution in [1.82, 2.24) is 24.6 Å². The zero-order valence-corrected chi connectivity index (χ0v) is 18.6. The van der Waals surface area contributed by atoms with Gasteiger partial charge in [0.1, 0.15) is 17.3 Å². The molecular weight excluding hydrogens is 408 g/mol. The Morgan fingerprint density at radius 1 is 1.28 bits per heavy atom. The molecule has 3 aromatic heterocycles. The third kappa shape index (κ3) is 4.32. The van der Waals surface area contributed by atoms with E-state index in [2.05, 4.69) is 20.4 Å². The maximum absolute atomic E-state index is 12.6. The molecule has 1 saturated heterocycles. The first-order chi connectivity index (χ1) is 15.3. The van der Waals surface area contributed by atoms with Crippen molar-refractivity contribution >= 4 is 17.8 Å². The Bertz CT molecular complexity index is 1170. The number of rotatable bonds is 5. The molecule has 4 heterocycles. The van der Waals surface area contributed by atoms with Gasteiger partial charge in [-0.2, -0.15) is 5.10 Å². The van der Waals surface area contributed by atoms with Gasteiger partial charge in [-0.1, -0.05) is 20.8 Å². The van der Waals surface area contributed by atoms with Crippen LogP contribution in [0.5, 0.6) is 11.5 Å². The maximum Gasteiger partial charge on any atom is 0.329 e. The molecule has 4 rings (SSSR count). The van der Waals surface area contributed by atoms with Crippen LogP contribution in [-0.2, 0) is 18.3 Å². The van der Waals surface area contributed by atoms with Gasteiger partial charge in [0.05, 0.1) is 17.6 Å². The van der Waals surface area contributed by atoms with Gasteiger partial charge < -0.3 is 4.74 Å². The van der Waals surface area contributed by atoms with Crippen LogP contribution in [0.3, 0.4) is 0 Å². The van der Waals surface area contributed by atoms with Crippen molar-refractivity contribution in [3.05, 3.63) is 48.5 Å². The van der Waals surface area contributed by atoms with Gasteiger partial charge in [0.15, 0.2) is 0 Å². The van der Waals surface area contributed by atoms with Crippen LogP contribution in [-0.4, -0.2) is 43.1 Å². The Balaban J connectivity index is 1.50. The smallest absolute Gasteiger partial charge is 0.329 e. The number of aryl methyl sites for hydroxylation is 2. The number of amides is 3. The Hall–Kier alpha value is -3.75. The van der Waals surface area contributed by atoms with E-state index in [1.807, 2.05) is 40.1 Å². The molecule has 166 valence electrons. The van der Waals surface area contributed by atoms with Crippen LogP contribution >= 0.6 is 0 Å². The number of carbonyl (C=O) groups excluding carboxylic acids is 2. The van der Waals surface area contributed by atoms with Gasteiger partial charge in [-0.15, -0.1) is 0 Å². The minimum Gasteiger partial charge on any atom is -0.455 e. The van der Waals surface area contributed by atoms with Crippen LogP contribution < -0.4 is 10.1 Å². The number of hydrogen-bond donors (Lipinski definition) is 1. The van der Waals surface area contributed by atoms with Gasteiger partial charge in [-0.25, -0.2) is 9.78 Å². The molecule has 0 aromatic carbocycles. The van der Waals surface area contributed by atoms with E-state index in [-0.39, 0.29) is 5.91 Å². The highest BCUT2D eigenvalue weighted by Crippen LogP contribution is 2.31. The number of hydrogen-bond acceptors (Lipinski definition) is 6. The fraction of sp³-hybridized carbons (Fsp3) is 0.348. The molecule has 1 aliphatic heterocycles.